The number of alkyl halides is 3. The summed E-state index contributed by atoms with van der Waals surface area (Å²) in [7, 11) is -1.49. The van der Waals surface area contributed by atoms with Crippen molar-refractivity contribution in [2.45, 2.75) is 30.3 Å². The van der Waals surface area contributed by atoms with Crippen LogP contribution >= 0.6 is 0 Å². The summed E-state index contributed by atoms with van der Waals surface area (Å²) in [4.78, 5) is 13.1. The highest BCUT2D eigenvalue weighted by atomic mass is 32.2. The van der Waals surface area contributed by atoms with Crippen molar-refractivity contribution in [2.75, 3.05) is 4.72 Å². The molecule has 0 spiro atoms. The van der Waals surface area contributed by atoms with Crippen LogP contribution in [0.3, 0.4) is 0 Å². The number of nitrogens with one attached hydrogen (secondary N) is 1. The first-order valence-electron chi connectivity index (χ1n) is 11.4. The molecule has 0 amide bonds. The smallest absolute Gasteiger partial charge is 0.301 e. The number of carbonyl (C=O) groups excluding carboxylic acids is 1. The van der Waals surface area contributed by atoms with Gasteiger partial charge >= 0.3 is 6.18 Å². The SMILES string of the molecule is O=C(CCc1cccc(C(F)(F)F)c1)Cc1ccc(NS(=O)c2ccccc2-c2ccccc2)cc1. The van der Waals surface area contributed by atoms with Gasteiger partial charge in [-0.15, -0.1) is 0 Å². The highest BCUT2D eigenvalue weighted by Crippen LogP contribution is 2.30. The number of carbonyl (C=O) groups is 1. The van der Waals surface area contributed by atoms with Crippen LogP contribution in [0.5, 0.6) is 0 Å². The molecule has 184 valence electrons. The number of benzene rings is 4. The summed E-state index contributed by atoms with van der Waals surface area (Å²) in [6.07, 6.45) is -3.81. The second-order valence-corrected chi connectivity index (χ2v) is 9.52. The zero-order chi connectivity index (χ0) is 25.5. The van der Waals surface area contributed by atoms with E-state index in [1.807, 2.05) is 54.6 Å². The molecule has 4 aromatic rings. The van der Waals surface area contributed by atoms with Crippen molar-refractivity contribution >= 4 is 22.5 Å². The van der Waals surface area contributed by atoms with Crippen LogP contribution in [-0.2, 0) is 34.8 Å². The third kappa shape index (κ3) is 6.70. The Bertz CT molecular complexity index is 1350. The van der Waals surface area contributed by atoms with E-state index in [1.54, 1.807) is 30.3 Å². The monoisotopic (exact) mass is 507 g/mol. The lowest BCUT2D eigenvalue weighted by atomic mass is 10.0. The van der Waals surface area contributed by atoms with E-state index in [0.29, 0.717) is 16.1 Å². The lowest BCUT2D eigenvalue weighted by Crippen LogP contribution is -2.08. The summed E-state index contributed by atoms with van der Waals surface area (Å²) in [5.41, 5.74) is 3.06. The van der Waals surface area contributed by atoms with Gasteiger partial charge in [0.1, 0.15) is 5.78 Å². The van der Waals surface area contributed by atoms with Gasteiger partial charge < -0.3 is 4.72 Å². The van der Waals surface area contributed by atoms with Gasteiger partial charge in [-0.3, -0.25) is 4.79 Å². The summed E-state index contributed by atoms with van der Waals surface area (Å²) in [6.45, 7) is 0. The molecule has 4 rings (SSSR count). The van der Waals surface area contributed by atoms with Gasteiger partial charge in [-0.2, -0.15) is 13.2 Å². The Morgan fingerprint density at radius 1 is 0.778 bits per heavy atom. The Labute approximate surface area is 210 Å². The van der Waals surface area contributed by atoms with E-state index in [2.05, 4.69) is 4.72 Å². The molecule has 1 N–H and O–H groups in total. The molecule has 36 heavy (non-hydrogen) atoms. The summed E-state index contributed by atoms with van der Waals surface area (Å²) >= 11 is 0. The van der Waals surface area contributed by atoms with E-state index in [4.69, 9.17) is 0 Å². The summed E-state index contributed by atoms with van der Waals surface area (Å²) in [6, 6.07) is 29.4. The molecule has 0 aliphatic rings. The fraction of sp³-hybridized carbons (Fsp3) is 0.138. The van der Waals surface area contributed by atoms with Crippen LogP contribution in [0, 0.1) is 0 Å². The largest absolute Gasteiger partial charge is 0.416 e. The van der Waals surface area contributed by atoms with Crippen LogP contribution < -0.4 is 4.72 Å². The van der Waals surface area contributed by atoms with Crippen molar-refractivity contribution in [3.63, 3.8) is 0 Å². The highest BCUT2D eigenvalue weighted by molar-refractivity contribution is 7.86. The molecular formula is C29H24F3NO2S. The topological polar surface area (TPSA) is 46.2 Å². The minimum absolute atomic E-state index is 0.0616. The van der Waals surface area contributed by atoms with Crippen LogP contribution in [0.25, 0.3) is 11.1 Å². The molecule has 3 nitrogen and oxygen atoms in total. The number of rotatable bonds is 9. The van der Waals surface area contributed by atoms with Crippen molar-refractivity contribution in [1.82, 2.24) is 0 Å². The lowest BCUT2D eigenvalue weighted by molar-refractivity contribution is -0.137. The Hall–Kier alpha value is -3.71. The Kier molecular flexibility index (Phi) is 8.00. The fourth-order valence-electron chi connectivity index (χ4n) is 3.84. The maximum atomic E-state index is 13.1. The second kappa shape index (κ2) is 11.4. The first-order chi connectivity index (χ1) is 17.3. The Morgan fingerprint density at radius 3 is 2.19 bits per heavy atom. The Balaban J connectivity index is 1.34. The van der Waals surface area contributed by atoms with Crippen LogP contribution in [0.2, 0.25) is 0 Å². The number of aryl methyl sites for hydroxylation is 1. The van der Waals surface area contributed by atoms with E-state index >= 15 is 0 Å². The van der Waals surface area contributed by atoms with Gasteiger partial charge in [-0.05, 0) is 52.9 Å². The van der Waals surface area contributed by atoms with Gasteiger partial charge in [0.25, 0.3) is 0 Å². The van der Waals surface area contributed by atoms with Gasteiger partial charge in [-0.1, -0.05) is 78.9 Å². The third-order valence-corrected chi connectivity index (χ3v) is 6.86. The predicted molar refractivity (Wildman–Crippen MR) is 137 cm³/mol. The molecule has 1 atom stereocenters. The van der Waals surface area contributed by atoms with Gasteiger partial charge in [0.15, 0.2) is 11.0 Å². The van der Waals surface area contributed by atoms with Crippen molar-refractivity contribution in [1.29, 1.82) is 0 Å². The predicted octanol–water partition coefficient (Wildman–Crippen LogP) is 7.25. The quantitative estimate of drug-likeness (QED) is 0.259. The fourth-order valence-corrected chi connectivity index (χ4v) is 4.89. The average Bonchev–Trinajstić information content (AvgIpc) is 2.89. The van der Waals surface area contributed by atoms with E-state index < -0.39 is 22.7 Å². The average molecular weight is 508 g/mol. The number of halogens is 3. The third-order valence-electron chi connectivity index (χ3n) is 5.68. The minimum Gasteiger partial charge on any atom is -0.301 e. The van der Waals surface area contributed by atoms with Crippen molar-refractivity contribution in [2.24, 2.45) is 0 Å². The lowest BCUT2D eigenvalue weighted by Gasteiger charge is -2.11. The standard InChI is InChI=1S/C29H24F3NO2S/c30-29(31,32)24-10-6-7-21(19-24)15-18-26(34)20-22-13-16-25(17-14-22)33-36(35)28-12-5-4-11-27(28)23-8-2-1-3-9-23/h1-14,16-17,19,33H,15,18,20H2. The first kappa shape index (κ1) is 25.4. The molecule has 0 saturated carbocycles. The number of Topliss-reactive ketones (excluding diaryl/α,β-unsaturated/α-hetero) is 1. The van der Waals surface area contributed by atoms with Crippen molar-refractivity contribution < 1.29 is 22.2 Å². The summed E-state index contributed by atoms with van der Waals surface area (Å²) in [5.74, 6) is -0.0616. The molecule has 0 bridgehead atoms. The van der Waals surface area contributed by atoms with Crippen LogP contribution in [-0.4, -0.2) is 9.99 Å². The van der Waals surface area contributed by atoms with Crippen molar-refractivity contribution in [3.8, 4) is 11.1 Å². The normalized spacial score (nSPS) is 12.2. The molecule has 0 fully saturated rings. The number of ketones is 1. The summed E-state index contributed by atoms with van der Waals surface area (Å²) in [5, 5.41) is 0. The molecule has 0 heterocycles. The number of hydrogen-bond acceptors (Lipinski definition) is 2. The Morgan fingerprint density at radius 2 is 1.47 bits per heavy atom. The van der Waals surface area contributed by atoms with E-state index in [1.165, 1.54) is 6.07 Å². The molecule has 7 heteroatoms. The van der Waals surface area contributed by atoms with Crippen molar-refractivity contribution in [3.05, 3.63) is 120 Å². The van der Waals surface area contributed by atoms with Gasteiger partial charge in [0, 0.05) is 18.5 Å². The molecule has 0 saturated heterocycles. The first-order valence-corrected chi connectivity index (χ1v) is 12.5. The van der Waals surface area contributed by atoms with Gasteiger partial charge in [0.2, 0.25) is 0 Å². The molecule has 4 aromatic carbocycles. The number of hydrogen-bond donors (Lipinski definition) is 1. The molecule has 0 aliphatic heterocycles. The molecule has 0 radical (unpaired) electrons. The molecule has 0 aliphatic carbocycles. The molecule has 0 aromatic heterocycles. The highest BCUT2D eigenvalue weighted by Gasteiger charge is 2.30. The van der Waals surface area contributed by atoms with E-state index in [0.717, 1.165) is 28.8 Å². The second-order valence-electron chi connectivity index (χ2n) is 8.34. The number of anilines is 1. The van der Waals surface area contributed by atoms with Gasteiger partial charge in [0.05, 0.1) is 10.5 Å². The maximum Gasteiger partial charge on any atom is 0.416 e. The van der Waals surface area contributed by atoms with E-state index in [-0.39, 0.29) is 25.0 Å². The molecule has 1 unspecified atom stereocenters. The van der Waals surface area contributed by atoms with Gasteiger partial charge in [-0.25, -0.2) is 4.21 Å². The zero-order valence-corrected chi connectivity index (χ0v) is 20.1. The van der Waals surface area contributed by atoms with Crippen LogP contribution in [0.15, 0.2) is 108 Å². The molecular weight excluding hydrogens is 483 g/mol. The van der Waals surface area contributed by atoms with E-state index in [9.17, 15) is 22.2 Å². The zero-order valence-electron chi connectivity index (χ0n) is 19.3. The van der Waals surface area contributed by atoms with Crippen LogP contribution in [0.1, 0.15) is 23.1 Å². The minimum atomic E-state index is -4.40. The van der Waals surface area contributed by atoms with Crippen LogP contribution in [0.4, 0.5) is 18.9 Å². The maximum absolute atomic E-state index is 13.1. The summed E-state index contributed by atoms with van der Waals surface area (Å²) < 4.78 is 54.7.